The Labute approximate surface area is 222 Å². The summed E-state index contributed by atoms with van der Waals surface area (Å²) in [4.78, 5) is 51.9. The van der Waals surface area contributed by atoms with Crippen LogP contribution in [0.2, 0.25) is 0 Å². The molecule has 0 aromatic heterocycles. The maximum atomic E-state index is 15.0. The zero-order chi connectivity index (χ0) is 28.5. The summed E-state index contributed by atoms with van der Waals surface area (Å²) in [6.45, 7) is 0.489. The number of hydrogen-bond donors (Lipinski definition) is 3. The number of nitriles is 1. The highest BCUT2D eigenvalue weighted by molar-refractivity contribution is 5.94. The lowest BCUT2D eigenvalue weighted by atomic mass is 9.71. The van der Waals surface area contributed by atoms with Gasteiger partial charge in [-0.1, -0.05) is 19.3 Å². The van der Waals surface area contributed by atoms with E-state index in [9.17, 15) is 46.4 Å². The van der Waals surface area contributed by atoms with E-state index in [0.717, 1.165) is 11.3 Å². The van der Waals surface area contributed by atoms with Gasteiger partial charge in [-0.05, 0) is 44.4 Å². The minimum atomic E-state index is -5.26. The van der Waals surface area contributed by atoms with Gasteiger partial charge < -0.3 is 20.9 Å². The molecule has 2 saturated carbocycles. The van der Waals surface area contributed by atoms with E-state index in [1.165, 1.54) is 0 Å². The minimum Gasteiger partial charge on any atom is -0.356 e. The monoisotopic (exact) mass is 561 g/mol. The van der Waals surface area contributed by atoms with Crippen LogP contribution in [0.1, 0.15) is 64.2 Å². The van der Waals surface area contributed by atoms with Crippen LogP contribution in [0.3, 0.4) is 0 Å². The van der Waals surface area contributed by atoms with Crippen LogP contribution in [0.4, 0.5) is 22.0 Å². The van der Waals surface area contributed by atoms with Gasteiger partial charge in [0.25, 0.3) is 5.92 Å². The van der Waals surface area contributed by atoms with Crippen LogP contribution in [-0.2, 0) is 19.2 Å². The third-order valence-corrected chi connectivity index (χ3v) is 8.51. The maximum Gasteiger partial charge on any atom is 0.471 e. The van der Waals surface area contributed by atoms with Crippen LogP contribution in [0.25, 0.3) is 0 Å². The molecule has 9 nitrogen and oxygen atoms in total. The Kier molecular flexibility index (Phi) is 8.37. The molecule has 6 atom stereocenters. The molecular weight excluding hydrogens is 529 g/mol. The molecule has 0 spiro atoms. The van der Waals surface area contributed by atoms with E-state index in [4.69, 9.17) is 0 Å². The molecule has 39 heavy (non-hydrogen) atoms. The summed E-state index contributed by atoms with van der Waals surface area (Å²) >= 11 is 0. The van der Waals surface area contributed by atoms with Gasteiger partial charge in [0, 0.05) is 24.9 Å². The molecule has 5 fully saturated rings. The number of carbonyl (C=O) groups is 4. The summed E-state index contributed by atoms with van der Waals surface area (Å²) in [5.41, 5.74) is 0. The molecular formula is C25H32F5N5O4. The molecule has 3 saturated heterocycles. The van der Waals surface area contributed by atoms with Crippen molar-refractivity contribution in [2.75, 3.05) is 6.54 Å². The van der Waals surface area contributed by atoms with Gasteiger partial charge in [-0.3, -0.25) is 19.2 Å². The molecule has 0 aromatic carbocycles. The van der Waals surface area contributed by atoms with E-state index >= 15 is 0 Å². The number of alkyl halides is 5. The summed E-state index contributed by atoms with van der Waals surface area (Å²) in [5.74, 6) is -10.2. The van der Waals surface area contributed by atoms with Gasteiger partial charge in [-0.25, -0.2) is 8.78 Å². The fourth-order valence-corrected chi connectivity index (χ4v) is 6.27. The van der Waals surface area contributed by atoms with E-state index in [0.29, 0.717) is 32.2 Å². The van der Waals surface area contributed by atoms with Crippen molar-refractivity contribution < 1.29 is 41.1 Å². The first kappa shape index (κ1) is 29.0. The van der Waals surface area contributed by atoms with Gasteiger partial charge in [-0.15, -0.1) is 0 Å². The normalized spacial score (nSPS) is 29.8. The van der Waals surface area contributed by atoms with E-state index in [-0.39, 0.29) is 37.5 Å². The molecule has 14 heteroatoms. The van der Waals surface area contributed by atoms with Crippen molar-refractivity contribution >= 4 is 23.6 Å². The van der Waals surface area contributed by atoms with Gasteiger partial charge in [0.1, 0.15) is 18.1 Å². The largest absolute Gasteiger partial charge is 0.471 e. The second-order valence-corrected chi connectivity index (χ2v) is 11.1. The van der Waals surface area contributed by atoms with Crippen LogP contribution in [0, 0.1) is 29.1 Å². The Morgan fingerprint density at radius 1 is 1.08 bits per heavy atom. The number of nitrogens with one attached hydrogen (secondary N) is 3. The molecule has 5 rings (SSSR count). The van der Waals surface area contributed by atoms with Crippen molar-refractivity contribution in [1.82, 2.24) is 20.9 Å². The first-order valence-corrected chi connectivity index (χ1v) is 13.4. The topological polar surface area (TPSA) is 131 Å². The quantitative estimate of drug-likeness (QED) is 0.391. The predicted octanol–water partition coefficient (Wildman–Crippen LogP) is 2.16. The molecule has 0 aromatic rings. The summed E-state index contributed by atoms with van der Waals surface area (Å²) < 4.78 is 69.1. The Morgan fingerprint density at radius 2 is 1.79 bits per heavy atom. The molecule has 4 amide bonds. The number of hydrogen-bond acceptors (Lipinski definition) is 5. The third kappa shape index (κ3) is 6.27. The number of rotatable bonds is 8. The molecule has 3 N–H and O–H groups in total. The van der Waals surface area contributed by atoms with Crippen LogP contribution < -0.4 is 16.0 Å². The molecule has 2 aliphatic carbocycles. The third-order valence-electron chi connectivity index (χ3n) is 8.51. The second kappa shape index (κ2) is 11.3. The van der Waals surface area contributed by atoms with Crippen molar-refractivity contribution in [3.8, 4) is 6.07 Å². The Balaban J connectivity index is 1.57. The van der Waals surface area contributed by atoms with Crippen LogP contribution in [-0.4, -0.2) is 71.3 Å². The van der Waals surface area contributed by atoms with Gasteiger partial charge in [0.05, 0.1) is 12.0 Å². The number of nitrogens with zero attached hydrogens (tertiary/aromatic N) is 2. The lowest BCUT2D eigenvalue weighted by Gasteiger charge is -2.54. The standard InChI is InChI=1S/C25H32F5N5O4/c26-24(27)11-16-6-7-17(24)19(21(37)33-15(12-31)10-14-5-2-8-32-20(14)36)35(16)22(38)18(9-13-3-1-4-13)34-23(39)25(28,29)30/h13-19H,1-11H2,(H,32,36)(H,33,37)(H,34,39)/t14-,15-,16+,17+,18-,19-/m1/s1. The van der Waals surface area contributed by atoms with E-state index in [1.54, 1.807) is 5.32 Å². The van der Waals surface area contributed by atoms with Crippen molar-refractivity contribution in [2.24, 2.45) is 17.8 Å². The van der Waals surface area contributed by atoms with Crippen LogP contribution in [0.5, 0.6) is 0 Å². The number of piperidine rings is 3. The molecule has 3 heterocycles. The van der Waals surface area contributed by atoms with Gasteiger partial charge in [0.15, 0.2) is 0 Å². The fraction of sp³-hybridized carbons (Fsp3) is 0.800. The molecule has 0 unspecified atom stereocenters. The Bertz CT molecular complexity index is 1030. The van der Waals surface area contributed by atoms with Crippen molar-refractivity contribution in [2.45, 2.75) is 100 Å². The number of fused-ring (bicyclic) bond motifs is 3. The summed E-state index contributed by atoms with van der Waals surface area (Å²) in [5, 5.41) is 16.4. The smallest absolute Gasteiger partial charge is 0.356 e. The number of carbonyl (C=O) groups excluding carboxylic acids is 4. The summed E-state index contributed by atoms with van der Waals surface area (Å²) in [6, 6.07) is -3.82. The summed E-state index contributed by atoms with van der Waals surface area (Å²) in [6.07, 6.45) is -2.84. The van der Waals surface area contributed by atoms with Crippen molar-refractivity contribution in [3.63, 3.8) is 0 Å². The first-order valence-electron chi connectivity index (χ1n) is 13.4. The lowest BCUT2D eigenvalue weighted by Crippen LogP contribution is -2.71. The minimum absolute atomic E-state index is 0.0504. The molecule has 2 bridgehead atoms. The molecule has 216 valence electrons. The zero-order valence-electron chi connectivity index (χ0n) is 21.2. The fourth-order valence-electron chi connectivity index (χ4n) is 6.27. The van der Waals surface area contributed by atoms with Crippen molar-refractivity contribution in [3.05, 3.63) is 0 Å². The summed E-state index contributed by atoms with van der Waals surface area (Å²) in [7, 11) is 0. The van der Waals surface area contributed by atoms with Gasteiger partial charge in [-0.2, -0.15) is 18.4 Å². The highest BCUT2D eigenvalue weighted by Crippen LogP contribution is 2.49. The number of halogens is 5. The lowest BCUT2D eigenvalue weighted by molar-refractivity contribution is -0.196. The van der Waals surface area contributed by atoms with Crippen molar-refractivity contribution in [1.29, 1.82) is 5.26 Å². The number of amides is 4. The highest BCUT2D eigenvalue weighted by atomic mass is 19.4. The average molecular weight is 562 g/mol. The average Bonchev–Trinajstić information content (AvgIpc) is 2.84. The molecule has 3 aliphatic heterocycles. The predicted molar refractivity (Wildman–Crippen MR) is 125 cm³/mol. The SMILES string of the molecule is N#C[C@@H](C[C@H]1CCCNC1=O)NC(=O)[C@H]1[C@@H]2CC[C@@H](CC2(F)F)N1C(=O)[C@@H](CC1CCC1)NC(=O)C(F)(F)F. The Hall–Kier alpha value is -2.98. The van der Waals surface area contributed by atoms with Gasteiger partial charge >= 0.3 is 12.1 Å². The zero-order valence-corrected chi connectivity index (χ0v) is 21.2. The van der Waals surface area contributed by atoms with E-state index in [1.807, 2.05) is 6.07 Å². The van der Waals surface area contributed by atoms with Crippen LogP contribution >= 0.6 is 0 Å². The second-order valence-electron chi connectivity index (χ2n) is 11.1. The van der Waals surface area contributed by atoms with Gasteiger partial charge in [0.2, 0.25) is 17.7 Å². The van der Waals surface area contributed by atoms with E-state index < -0.39 is 72.2 Å². The highest BCUT2D eigenvalue weighted by Gasteiger charge is 2.61. The van der Waals surface area contributed by atoms with Crippen LogP contribution in [0.15, 0.2) is 0 Å². The maximum absolute atomic E-state index is 15.0. The Morgan fingerprint density at radius 3 is 2.36 bits per heavy atom. The molecule has 0 radical (unpaired) electrons. The molecule has 5 aliphatic rings. The first-order chi connectivity index (χ1) is 18.3. The van der Waals surface area contributed by atoms with E-state index in [2.05, 4.69) is 10.6 Å².